The fourth-order valence-corrected chi connectivity index (χ4v) is 3.69. The Labute approximate surface area is 133 Å². The van der Waals surface area contributed by atoms with E-state index in [0.717, 1.165) is 27.5 Å². The van der Waals surface area contributed by atoms with Crippen LogP contribution in [0.15, 0.2) is 16.9 Å². The number of anilines is 1. The SMILES string of the molecule is CN(C)C1CCC(Nc2ncc3c(Br)cn(C)c3n2)CC1. The van der Waals surface area contributed by atoms with Gasteiger partial charge in [0.25, 0.3) is 0 Å². The van der Waals surface area contributed by atoms with Crippen LogP contribution in [-0.2, 0) is 7.05 Å². The van der Waals surface area contributed by atoms with E-state index >= 15 is 0 Å². The largest absolute Gasteiger partial charge is 0.351 e. The highest BCUT2D eigenvalue weighted by Gasteiger charge is 2.23. The molecular weight excluding hydrogens is 330 g/mol. The molecule has 3 rings (SSSR count). The number of hydrogen-bond acceptors (Lipinski definition) is 4. The van der Waals surface area contributed by atoms with Crippen molar-refractivity contribution in [2.75, 3.05) is 19.4 Å². The minimum atomic E-state index is 0.488. The van der Waals surface area contributed by atoms with E-state index in [1.807, 2.05) is 24.0 Å². The topological polar surface area (TPSA) is 46.0 Å². The smallest absolute Gasteiger partial charge is 0.224 e. The Balaban J connectivity index is 1.70. The summed E-state index contributed by atoms with van der Waals surface area (Å²) in [7, 11) is 6.34. The van der Waals surface area contributed by atoms with Crippen molar-refractivity contribution in [3.05, 3.63) is 16.9 Å². The van der Waals surface area contributed by atoms with E-state index in [1.54, 1.807) is 0 Å². The summed E-state index contributed by atoms with van der Waals surface area (Å²) in [6.07, 6.45) is 8.75. The van der Waals surface area contributed by atoms with E-state index < -0.39 is 0 Å². The highest BCUT2D eigenvalue weighted by atomic mass is 79.9. The molecule has 5 nitrogen and oxygen atoms in total. The van der Waals surface area contributed by atoms with Gasteiger partial charge in [0, 0.05) is 36.0 Å². The van der Waals surface area contributed by atoms with E-state index in [2.05, 4.69) is 50.2 Å². The van der Waals surface area contributed by atoms with Crippen LogP contribution in [0.25, 0.3) is 11.0 Å². The predicted molar refractivity (Wildman–Crippen MR) is 89.6 cm³/mol. The van der Waals surface area contributed by atoms with Crippen LogP contribution in [0.3, 0.4) is 0 Å². The second kappa shape index (κ2) is 5.93. The van der Waals surface area contributed by atoms with Gasteiger partial charge in [0.05, 0.1) is 5.39 Å². The molecule has 0 aromatic carbocycles. The molecule has 0 bridgehead atoms. The summed E-state index contributed by atoms with van der Waals surface area (Å²) < 4.78 is 3.06. The number of nitrogens with zero attached hydrogens (tertiary/aromatic N) is 4. The van der Waals surface area contributed by atoms with Gasteiger partial charge >= 0.3 is 0 Å². The van der Waals surface area contributed by atoms with Crippen LogP contribution in [0.2, 0.25) is 0 Å². The maximum absolute atomic E-state index is 4.64. The highest BCUT2D eigenvalue weighted by Crippen LogP contribution is 2.26. The molecule has 1 aliphatic carbocycles. The first-order valence-electron chi connectivity index (χ1n) is 7.45. The van der Waals surface area contributed by atoms with Crippen LogP contribution in [0, 0.1) is 0 Å². The van der Waals surface area contributed by atoms with Gasteiger partial charge in [0.15, 0.2) is 0 Å². The third-order valence-corrected chi connectivity index (χ3v) is 5.06. The van der Waals surface area contributed by atoms with E-state index in [9.17, 15) is 0 Å². The quantitative estimate of drug-likeness (QED) is 0.923. The average Bonchev–Trinajstić information content (AvgIpc) is 2.74. The fourth-order valence-electron chi connectivity index (χ4n) is 3.10. The van der Waals surface area contributed by atoms with E-state index in [1.165, 1.54) is 25.7 Å². The molecule has 0 atom stereocenters. The molecule has 0 aliphatic heterocycles. The minimum Gasteiger partial charge on any atom is -0.351 e. The van der Waals surface area contributed by atoms with Gasteiger partial charge < -0.3 is 14.8 Å². The first-order chi connectivity index (χ1) is 10.0. The van der Waals surface area contributed by atoms with Gasteiger partial charge in [0.1, 0.15) is 5.65 Å². The minimum absolute atomic E-state index is 0.488. The molecule has 2 aromatic rings. The number of aromatic nitrogens is 3. The number of hydrogen-bond donors (Lipinski definition) is 1. The van der Waals surface area contributed by atoms with E-state index in [4.69, 9.17) is 0 Å². The van der Waals surface area contributed by atoms with Gasteiger partial charge in [-0.15, -0.1) is 0 Å². The summed E-state index contributed by atoms with van der Waals surface area (Å²) in [5.74, 6) is 0.740. The number of fused-ring (bicyclic) bond motifs is 1. The maximum Gasteiger partial charge on any atom is 0.224 e. The number of aryl methyl sites for hydroxylation is 1. The van der Waals surface area contributed by atoms with Crippen LogP contribution < -0.4 is 5.32 Å². The monoisotopic (exact) mass is 351 g/mol. The van der Waals surface area contributed by atoms with E-state index in [-0.39, 0.29) is 0 Å². The molecular formula is C15H22BrN5. The molecule has 21 heavy (non-hydrogen) atoms. The first-order valence-corrected chi connectivity index (χ1v) is 8.24. The number of rotatable bonds is 3. The van der Waals surface area contributed by atoms with Crippen molar-refractivity contribution in [2.24, 2.45) is 7.05 Å². The third kappa shape index (κ3) is 3.06. The summed E-state index contributed by atoms with van der Waals surface area (Å²) in [6, 6.07) is 1.21. The Hall–Kier alpha value is -1.14. The van der Waals surface area contributed by atoms with Crippen molar-refractivity contribution in [1.82, 2.24) is 19.4 Å². The lowest BCUT2D eigenvalue weighted by Crippen LogP contribution is -2.36. The Bertz CT molecular complexity index is 628. The molecule has 0 radical (unpaired) electrons. The Morgan fingerprint density at radius 2 is 2.00 bits per heavy atom. The lowest BCUT2D eigenvalue weighted by atomic mass is 9.91. The van der Waals surface area contributed by atoms with Crippen molar-refractivity contribution < 1.29 is 0 Å². The van der Waals surface area contributed by atoms with Crippen molar-refractivity contribution in [2.45, 2.75) is 37.8 Å². The summed E-state index contributed by atoms with van der Waals surface area (Å²) in [6.45, 7) is 0. The van der Waals surface area contributed by atoms with E-state index in [0.29, 0.717) is 6.04 Å². The van der Waals surface area contributed by atoms with Crippen molar-refractivity contribution in [3.8, 4) is 0 Å². The molecule has 0 spiro atoms. The Morgan fingerprint density at radius 3 is 2.67 bits per heavy atom. The molecule has 1 fully saturated rings. The van der Waals surface area contributed by atoms with Gasteiger partial charge in [-0.25, -0.2) is 4.98 Å². The predicted octanol–water partition coefficient (Wildman–Crippen LogP) is 3.02. The van der Waals surface area contributed by atoms with Crippen LogP contribution in [0.4, 0.5) is 5.95 Å². The van der Waals surface area contributed by atoms with Gasteiger partial charge in [-0.05, 0) is 55.7 Å². The van der Waals surface area contributed by atoms with Crippen molar-refractivity contribution >= 4 is 32.9 Å². The van der Waals surface area contributed by atoms with Gasteiger partial charge in [0.2, 0.25) is 5.95 Å². The van der Waals surface area contributed by atoms with Crippen molar-refractivity contribution in [3.63, 3.8) is 0 Å². The molecule has 0 saturated heterocycles. The zero-order valence-electron chi connectivity index (χ0n) is 12.8. The first kappa shape index (κ1) is 14.8. The molecule has 0 unspecified atom stereocenters. The van der Waals surface area contributed by atoms with Gasteiger partial charge in [-0.1, -0.05) is 0 Å². The number of nitrogens with one attached hydrogen (secondary N) is 1. The Kier molecular flexibility index (Phi) is 4.17. The van der Waals surface area contributed by atoms with Crippen molar-refractivity contribution in [1.29, 1.82) is 0 Å². The molecule has 1 aliphatic rings. The zero-order valence-corrected chi connectivity index (χ0v) is 14.4. The Morgan fingerprint density at radius 1 is 1.29 bits per heavy atom. The molecule has 1 saturated carbocycles. The average molecular weight is 352 g/mol. The fraction of sp³-hybridized carbons (Fsp3) is 0.600. The highest BCUT2D eigenvalue weighted by molar-refractivity contribution is 9.10. The summed E-state index contributed by atoms with van der Waals surface area (Å²) in [5.41, 5.74) is 0.960. The van der Waals surface area contributed by atoms with Crippen LogP contribution in [0.1, 0.15) is 25.7 Å². The lowest BCUT2D eigenvalue weighted by Gasteiger charge is -2.32. The second-order valence-corrected chi connectivity index (χ2v) is 6.99. The van der Waals surface area contributed by atoms with Gasteiger partial charge in [-0.3, -0.25) is 0 Å². The zero-order chi connectivity index (χ0) is 15.0. The standard InChI is InChI=1S/C15H22BrN5/c1-20(2)11-6-4-10(5-7-11)18-15-17-8-12-13(16)9-21(3)14(12)19-15/h8-11H,4-7H2,1-3H3,(H,17,18,19). The molecule has 0 amide bonds. The summed E-state index contributed by atoms with van der Waals surface area (Å²) in [4.78, 5) is 11.4. The molecule has 114 valence electrons. The normalized spacial score (nSPS) is 22.9. The number of halogens is 1. The van der Waals surface area contributed by atoms with Gasteiger partial charge in [-0.2, -0.15) is 4.98 Å². The molecule has 1 N–H and O–H groups in total. The molecule has 2 aromatic heterocycles. The molecule has 2 heterocycles. The van der Waals surface area contributed by atoms with Crippen LogP contribution in [0.5, 0.6) is 0 Å². The third-order valence-electron chi connectivity index (χ3n) is 4.43. The maximum atomic E-state index is 4.64. The van der Waals surface area contributed by atoms with Crippen LogP contribution in [-0.4, -0.2) is 45.6 Å². The van der Waals surface area contributed by atoms with Crippen LogP contribution >= 0.6 is 15.9 Å². The molecule has 6 heteroatoms. The second-order valence-electron chi connectivity index (χ2n) is 6.13. The lowest BCUT2D eigenvalue weighted by molar-refractivity contribution is 0.221. The summed E-state index contributed by atoms with van der Waals surface area (Å²) >= 11 is 3.53. The summed E-state index contributed by atoms with van der Waals surface area (Å²) in [5, 5.41) is 4.55.